The second kappa shape index (κ2) is 6.74. The van der Waals surface area contributed by atoms with Gasteiger partial charge in [0, 0.05) is 20.6 Å². The first kappa shape index (κ1) is 15.0. The first-order chi connectivity index (χ1) is 9.01. The molecule has 1 aromatic carbocycles. The Balaban J connectivity index is 3.09. The van der Waals surface area contributed by atoms with Crippen molar-refractivity contribution >= 4 is 11.6 Å². The van der Waals surface area contributed by atoms with E-state index in [0.29, 0.717) is 12.2 Å². The summed E-state index contributed by atoms with van der Waals surface area (Å²) in [7, 11) is 3.34. The Labute approximate surface area is 113 Å². The van der Waals surface area contributed by atoms with Gasteiger partial charge in [0.15, 0.2) is 0 Å². The fourth-order valence-corrected chi connectivity index (χ4v) is 1.75. The van der Waals surface area contributed by atoms with Crippen molar-refractivity contribution in [2.24, 2.45) is 0 Å². The molecule has 0 fully saturated rings. The molecule has 0 saturated carbocycles. The number of halogens is 1. The minimum absolute atomic E-state index is 0.0116. The zero-order chi connectivity index (χ0) is 14.4. The molecule has 0 aliphatic rings. The average Bonchev–Trinajstić information content (AvgIpc) is 2.37. The summed E-state index contributed by atoms with van der Waals surface area (Å²) in [6, 6.07) is 6.33. The van der Waals surface area contributed by atoms with E-state index in [4.69, 9.17) is 5.26 Å². The number of likely N-dealkylation sites (N-methyl/N-ethyl adjacent to an activating group) is 1. The summed E-state index contributed by atoms with van der Waals surface area (Å²) in [6.45, 7) is 2.70. The minimum atomic E-state index is -0.557. The summed E-state index contributed by atoms with van der Waals surface area (Å²) >= 11 is 0. The number of nitrogens with zero attached hydrogens (tertiary/aromatic N) is 3. The van der Waals surface area contributed by atoms with Crippen LogP contribution in [-0.4, -0.2) is 38.0 Å². The molecule has 0 aromatic heterocycles. The minimum Gasteiger partial charge on any atom is -0.361 e. The molecule has 0 saturated heterocycles. The SMILES string of the molecule is CCCN(CC(=O)N(C)C)c1cccc(F)c1C#N. The molecular weight excluding hydrogens is 245 g/mol. The fourth-order valence-electron chi connectivity index (χ4n) is 1.75. The number of amides is 1. The monoisotopic (exact) mass is 263 g/mol. The summed E-state index contributed by atoms with van der Waals surface area (Å²) in [6.07, 6.45) is 0.808. The van der Waals surface area contributed by atoms with E-state index >= 15 is 0 Å². The van der Waals surface area contributed by atoms with Gasteiger partial charge in [-0.05, 0) is 18.6 Å². The lowest BCUT2D eigenvalue weighted by molar-refractivity contribution is -0.127. The molecule has 0 aliphatic heterocycles. The molecule has 1 rings (SSSR count). The van der Waals surface area contributed by atoms with E-state index in [1.165, 1.54) is 11.0 Å². The summed E-state index contributed by atoms with van der Waals surface area (Å²) in [5.41, 5.74) is 0.460. The Hall–Kier alpha value is -2.09. The number of rotatable bonds is 5. The molecule has 1 amide bonds. The van der Waals surface area contributed by atoms with E-state index < -0.39 is 5.82 Å². The van der Waals surface area contributed by atoms with Crippen LogP contribution < -0.4 is 4.90 Å². The van der Waals surface area contributed by atoms with Crippen LogP contribution >= 0.6 is 0 Å². The topological polar surface area (TPSA) is 47.3 Å². The van der Waals surface area contributed by atoms with E-state index in [2.05, 4.69) is 0 Å². The lowest BCUT2D eigenvalue weighted by Crippen LogP contribution is -2.37. The molecule has 0 bridgehead atoms. The molecule has 0 unspecified atom stereocenters. The van der Waals surface area contributed by atoms with Crippen molar-refractivity contribution in [2.45, 2.75) is 13.3 Å². The molecule has 0 spiro atoms. The molecule has 4 nitrogen and oxygen atoms in total. The maximum atomic E-state index is 13.6. The number of carbonyl (C=O) groups is 1. The summed E-state index contributed by atoms with van der Waals surface area (Å²) in [5.74, 6) is -0.639. The van der Waals surface area contributed by atoms with E-state index in [0.717, 1.165) is 6.42 Å². The Bertz CT molecular complexity index is 494. The fraction of sp³-hybridized carbons (Fsp3) is 0.429. The number of carbonyl (C=O) groups excluding carboxylic acids is 1. The van der Waals surface area contributed by atoms with Gasteiger partial charge in [-0.25, -0.2) is 4.39 Å². The smallest absolute Gasteiger partial charge is 0.241 e. The van der Waals surface area contributed by atoms with Crippen molar-refractivity contribution in [3.05, 3.63) is 29.6 Å². The van der Waals surface area contributed by atoms with Crippen LogP contribution in [0.1, 0.15) is 18.9 Å². The first-order valence-corrected chi connectivity index (χ1v) is 6.15. The van der Waals surface area contributed by atoms with Crippen molar-refractivity contribution in [3.8, 4) is 6.07 Å². The third-order valence-corrected chi connectivity index (χ3v) is 2.76. The van der Waals surface area contributed by atoms with Crippen molar-refractivity contribution in [3.63, 3.8) is 0 Å². The number of benzene rings is 1. The Kier molecular flexibility index (Phi) is 5.31. The van der Waals surface area contributed by atoms with Crippen LogP contribution in [0.5, 0.6) is 0 Å². The van der Waals surface area contributed by atoms with Crippen molar-refractivity contribution in [1.29, 1.82) is 5.26 Å². The lowest BCUT2D eigenvalue weighted by Gasteiger charge is -2.26. The third kappa shape index (κ3) is 3.68. The highest BCUT2D eigenvalue weighted by molar-refractivity contribution is 5.81. The second-order valence-corrected chi connectivity index (χ2v) is 4.46. The van der Waals surface area contributed by atoms with Gasteiger partial charge in [-0.15, -0.1) is 0 Å². The Morgan fingerprint density at radius 1 is 1.42 bits per heavy atom. The number of hydrogen-bond donors (Lipinski definition) is 0. The maximum Gasteiger partial charge on any atom is 0.241 e. The van der Waals surface area contributed by atoms with E-state index in [-0.39, 0.29) is 18.0 Å². The zero-order valence-corrected chi connectivity index (χ0v) is 11.5. The van der Waals surface area contributed by atoms with Crippen molar-refractivity contribution in [2.75, 3.05) is 32.1 Å². The normalized spacial score (nSPS) is 9.84. The van der Waals surface area contributed by atoms with Crippen LogP contribution in [0.15, 0.2) is 18.2 Å². The molecule has 0 N–H and O–H groups in total. The van der Waals surface area contributed by atoms with Gasteiger partial charge in [-0.1, -0.05) is 13.0 Å². The second-order valence-electron chi connectivity index (χ2n) is 4.46. The predicted octanol–water partition coefficient (Wildman–Crippen LogP) is 2.00. The highest BCUT2D eigenvalue weighted by atomic mass is 19.1. The van der Waals surface area contributed by atoms with Crippen LogP contribution in [0, 0.1) is 17.1 Å². The van der Waals surface area contributed by atoms with Gasteiger partial charge in [0.1, 0.15) is 17.4 Å². The molecule has 19 heavy (non-hydrogen) atoms. The van der Waals surface area contributed by atoms with Gasteiger partial charge in [0.05, 0.1) is 12.2 Å². The van der Waals surface area contributed by atoms with Gasteiger partial charge in [0.25, 0.3) is 0 Å². The highest BCUT2D eigenvalue weighted by Crippen LogP contribution is 2.22. The molecule has 0 aliphatic carbocycles. The Morgan fingerprint density at radius 3 is 2.63 bits per heavy atom. The summed E-state index contributed by atoms with van der Waals surface area (Å²) < 4.78 is 13.6. The number of nitriles is 1. The van der Waals surface area contributed by atoms with Gasteiger partial charge in [-0.3, -0.25) is 4.79 Å². The van der Waals surface area contributed by atoms with Crippen LogP contribution in [0.3, 0.4) is 0 Å². The molecular formula is C14H18FN3O. The van der Waals surface area contributed by atoms with Crippen LogP contribution in [0.4, 0.5) is 10.1 Å². The van der Waals surface area contributed by atoms with Crippen LogP contribution in [0.2, 0.25) is 0 Å². The molecule has 102 valence electrons. The standard InChI is InChI=1S/C14H18FN3O/c1-4-8-18(10-14(19)17(2)3)13-7-5-6-12(15)11(13)9-16/h5-7H,4,8,10H2,1-3H3. The van der Waals surface area contributed by atoms with Crippen molar-refractivity contribution in [1.82, 2.24) is 4.90 Å². The molecule has 0 atom stereocenters. The summed E-state index contributed by atoms with van der Waals surface area (Å²) in [4.78, 5) is 15.0. The first-order valence-electron chi connectivity index (χ1n) is 6.15. The van der Waals surface area contributed by atoms with Gasteiger partial charge < -0.3 is 9.80 Å². The van der Waals surface area contributed by atoms with Gasteiger partial charge in [0.2, 0.25) is 5.91 Å². The van der Waals surface area contributed by atoms with E-state index in [1.807, 2.05) is 13.0 Å². The summed E-state index contributed by atoms with van der Waals surface area (Å²) in [5, 5.41) is 9.05. The number of anilines is 1. The van der Waals surface area contributed by atoms with Crippen LogP contribution in [0.25, 0.3) is 0 Å². The van der Waals surface area contributed by atoms with Gasteiger partial charge >= 0.3 is 0 Å². The van der Waals surface area contributed by atoms with Crippen LogP contribution in [-0.2, 0) is 4.79 Å². The van der Waals surface area contributed by atoms with E-state index in [9.17, 15) is 9.18 Å². The number of hydrogen-bond acceptors (Lipinski definition) is 3. The van der Waals surface area contributed by atoms with Gasteiger partial charge in [-0.2, -0.15) is 5.26 Å². The predicted molar refractivity (Wildman–Crippen MR) is 72.3 cm³/mol. The molecule has 0 heterocycles. The lowest BCUT2D eigenvalue weighted by atomic mass is 10.1. The highest BCUT2D eigenvalue weighted by Gasteiger charge is 2.17. The molecule has 5 heteroatoms. The van der Waals surface area contributed by atoms with Crippen molar-refractivity contribution < 1.29 is 9.18 Å². The third-order valence-electron chi connectivity index (χ3n) is 2.76. The quantitative estimate of drug-likeness (QED) is 0.816. The maximum absolute atomic E-state index is 13.6. The largest absolute Gasteiger partial charge is 0.361 e. The zero-order valence-electron chi connectivity index (χ0n) is 11.5. The van der Waals surface area contributed by atoms with E-state index in [1.54, 1.807) is 31.1 Å². The Morgan fingerprint density at radius 2 is 2.11 bits per heavy atom. The average molecular weight is 263 g/mol. The molecule has 0 radical (unpaired) electrons. The molecule has 1 aromatic rings.